The lowest BCUT2D eigenvalue weighted by Crippen LogP contribution is -1.98. The Morgan fingerprint density at radius 1 is 1.45 bits per heavy atom. The number of rotatable bonds is 1. The van der Waals surface area contributed by atoms with E-state index in [2.05, 4.69) is 27.9 Å². The molecule has 0 radical (unpaired) electrons. The van der Waals surface area contributed by atoms with E-state index in [0.29, 0.717) is 0 Å². The standard InChI is InChI=1S/C8H11IN2/c1-5-7(11-2)4-3-6(9)8(5)10/h3-4,11H,10H2,1-2H3. The topological polar surface area (TPSA) is 38.0 Å². The molecule has 1 aromatic carbocycles. The summed E-state index contributed by atoms with van der Waals surface area (Å²) in [4.78, 5) is 0. The second-order valence-electron chi connectivity index (χ2n) is 2.38. The summed E-state index contributed by atoms with van der Waals surface area (Å²) < 4.78 is 1.11. The molecule has 0 aliphatic rings. The molecule has 0 aromatic heterocycles. The molecule has 3 N–H and O–H groups in total. The molecule has 0 fully saturated rings. The quantitative estimate of drug-likeness (QED) is 0.601. The van der Waals surface area contributed by atoms with Crippen molar-refractivity contribution in [2.75, 3.05) is 18.1 Å². The normalized spacial score (nSPS) is 9.73. The Kier molecular flexibility index (Phi) is 2.59. The van der Waals surface area contributed by atoms with E-state index in [1.165, 1.54) is 0 Å². The average molecular weight is 262 g/mol. The third kappa shape index (κ3) is 1.58. The third-order valence-corrected chi connectivity index (χ3v) is 2.67. The molecule has 60 valence electrons. The smallest absolute Gasteiger partial charge is 0.0500 e. The fourth-order valence-electron chi connectivity index (χ4n) is 0.966. The minimum Gasteiger partial charge on any atom is -0.398 e. The van der Waals surface area contributed by atoms with Gasteiger partial charge in [0.2, 0.25) is 0 Å². The zero-order chi connectivity index (χ0) is 8.43. The van der Waals surface area contributed by atoms with Crippen LogP contribution in [0, 0.1) is 10.5 Å². The molecule has 2 nitrogen and oxygen atoms in total. The Bertz CT molecular complexity index is 271. The van der Waals surface area contributed by atoms with E-state index in [9.17, 15) is 0 Å². The van der Waals surface area contributed by atoms with Crippen molar-refractivity contribution in [3.8, 4) is 0 Å². The molecular weight excluding hydrogens is 251 g/mol. The van der Waals surface area contributed by atoms with Gasteiger partial charge < -0.3 is 11.1 Å². The first kappa shape index (κ1) is 8.64. The average Bonchev–Trinajstić information content (AvgIpc) is 2.01. The van der Waals surface area contributed by atoms with Crippen molar-refractivity contribution in [2.45, 2.75) is 6.92 Å². The lowest BCUT2D eigenvalue weighted by atomic mass is 10.1. The highest BCUT2D eigenvalue weighted by atomic mass is 127. The Morgan fingerprint density at radius 2 is 2.09 bits per heavy atom. The summed E-state index contributed by atoms with van der Waals surface area (Å²) in [5, 5.41) is 3.08. The van der Waals surface area contributed by atoms with Gasteiger partial charge in [0.1, 0.15) is 0 Å². The van der Waals surface area contributed by atoms with E-state index >= 15 is 0 Å². The van der Waals surface area contributed by atoms with Gasteiger partial charge in [0, 0.05) is 22.0 Å². The van der Waals surface area contributed by atoms with Crippen LogP contribution < -0.4 is 11.1 Å². The monoisotopic (exact) mass is 262 g/mol. The van der Waals surface area contributed by atoms with E-state index < -0.39 is 0 Å². The Hall–Kier alpha value is -0.450. The lowest BCUT2D eigenvalue weighted by molar-refractivity contribution is 1.39. The summed E-state index contributed by atoms with van der Waals surface area (Å²) in [6.07, 6.45) is 0. The summed E-state index contributed by atoms with van der Waals surface area (Å²) in [6, 6.07) is 4.04. The third-order valence-electron chi connectivity index (χ3n) is 1.73. The van der Waals surface area contributed by atoms with Crippen molar-refractivity contribution in [1.82, 2.24) is 0 Å². The molecule has 0 bridgehead atoms. The fraction of sp³-hybridized carbons (Fsp3) is 0.250. The number of anilines is 2. The van der Waals surface area contributed by atoms with Gasteiger partial charge in [-0.05, 0) is 47.2 Å². The van der Waals surface area contributed by atoms with Gasteiger partial charge >= 0.3 is 0 Å². The number of benzene rings is 1. The van der Waals surface area contributed by atoms with E-state index in [4.69, 9.17) is 5.73 Å². The van der Waals surface area contributed by atoms with Crippen LogP contribution in [0.4, 0.5) is 11.4 Å². The molecule has 0 unspecified atom stereocenters. The van der Waals surface area contributed by atoms with Crippen LogP contribution in [0.15, 0.2) is 12.1 Å². The van der Waals surface area contributed by atoms with Crippen molar-refractivity contribution in [1.29, 1.82) is 0 Å². The number of halogens is 1. The van der Waals surface area contributed by atoms with Crippen molar-refractivity contribution in [2.24, 2.45) is 0 Å². The maximum atomic E-state index is 5.81. The van der Waals surface area contributed by atoms with E-state index in [-0.39, 0.29) is 0 Å². The molecule has 0 aliphatic carbocycles. The summed E-state index contributed by atoms with van der Waals surface area (Å²) in [5.41, 5.74) is 8.91. The molecular formula is C8H11IN2. The second kappa shape index (κ2) is 3.30. The SMILES string of the molecule is CNc1ccc(I)c(N)c1C. The Morgan fingerprint density at radius 3 is 2.64 bits per heavy atom. The molecule has 1 rings (SSSR count). The van der Waals surface area contributed by atoms with E-state index in [1.807, 2.05) is 26.1 Å². The largest absolute Gasteiger partial charge is 0.398 e. The van der Waals surface area contributed by atoms with Crippen LogP contribution in [0.3, 0.4) is 0 Å². The number of hydrogen-bond donors (Lipinski definition) is 2. The van der Waals surface area contributed by atoms with Crippen molar-refractivity contribution in [3.05, 3.63) is 21.3 Å². The number of nitrogen functional groups attached to an aromatic ring is 1. The summed E-state index contributed by atoms with van der Waals surface area (Å²) in [5.74, 6) is 0. The number of nitrogens with one attached hydrogen (secondary N) is 1. The summed E-state index contributed by atoms with van der Waals surface area (Å²) >= 11 is 2.23. The van der Waals surface area contributed by atoms with Crippen molar-refractivity contribution < 1.29 is 0 Å². The van der Waals surface area contributed by atoms with Gasteiger partial charge in [-0.2, -0.15) is 0 Å². The molecule has 3 heteroatoms. The second-order valence-corrected chi connectivity index (χ2v) is 3.55. The van der Waals surface area contributed by atoms with Crippen LogP contribution >= 0.6 is 22.6 Å². The highest BCUT2D eigenvalue weighted by molar-refractivity contribution is 14.1. The van der Waals surface area contributed by atoms with Gasteiger partial charge in [-0.25, -0.2) is 0 Å². The minimum absolute atomic E-state index is 0.873. The first-order valence-corrected chi connectivity index (χ1v) is 4.47. The highest BCUT2D eigenvalue weighted by Crippen LogP contribution is 2.25. The zero-order valence-corrected chi connectivity index (χ0v) is 8.77. The molecule has 0 aliphatic heterocycles. The minimum atomic E-state index is 0.873. The maximum absolute atomic E-state index is 5.81. The molecule has 0 heterocycles. The van der Waals surface area contributed by atoms with E-state index in [1.54, 1.807) is 0 Å². The van der Waals surface area contributed by atoms with Crippen LogP contribution in [-0.4, -0.2) is 7.05 Å². The van der Waals surface area contributed by atoms with Crippen LogP contribution in [-0.2, 0) is 0 Å². The van der Waals surface area contributed by atoms with Crippen molar-refractivity contribution in [3.63, 3.8) is 0 Å². The van der Waals surface area contributed by atoms with Crippen LogP contribution in [0.25, 0.3) is 0 Å². The fourth-order valence-corrected chi connectivity index (χ4v) is 1.55. The van der Waals surface area contributed by atoms with Gasteiger partial charge in [-0.15, -0.1) is 0 Å². The summed E-state index contributed by atoms with van der Waals surface area (Å²) in [6.45, 7) is 2.02. The predicted octanol–water partition coefficient (Wildman–Crippen LogP) is 2.22. The highest BCUT2D eigenvalue weighted by Gasteiger charge is 2.02. The number of hydrogen-bond acceptors (Lipinski definition) is 2. The molecule has 1 aromatic rings. The van der Waals surface area contributed by atoms with Gasteiger partial charge in [-0.1, -0.05) is 0 Å². The molecule has 0 spiro atoms. The van der Waals surface area contributed by atoms with Crippen LogP contribution in [0.1, 0.15) is 5.56 Å². The molecule has 0 saturated carbocycles. The van der Waals surface area contributed by atoms with Gasteiger partial charge in [0.25, 0.3) is 0 Å². The first-order chi connectivity index (χ1) is 5.16. The van der Waals surface area contributed by atoms with Gasteiger partial charge in [-0.3, -0.25) is 0 Å². The van der Waals surface area contributed by atoms with Crippen molar-refractivity contribution >= 4 is 34.0 Å². The Labute approximate surface area is 80.3 Å². The van der Waals surface area contributed by atoms with Gasteiger partial charge in [0.15, 0.2) is 0 Å². The maximum Gasteiger partial charge on any atom is 0.0500 e. The predicted molar refractivity (Wildman–Crippen MR) is 57.9 cm³/mol. The van der Waals surface area contributed by atoms with Crippen LogP contribution in [0.5, 0.6) is 0 Å². The first-order valence-electron chi connectivity index (χ1n) is 3.39. The lowest BCUT2D eigenvalue weighted by Gasteiger charge is -2.08. The number of nitrogens with two attached hydrogens (primary N) is 1. The van der Waals surface area contributed by atoms with E-state index in [0.717, 1.165) is 20.5 Å². The molecule has 0 saturated heterocycles. The summed E-state index contributed by atoms with van der Waals surface area (Å²) in [7, 11) is 1.90. The zero-order valence-electron chi connectivity index (χ0n) is 6.61. The molecule has 0 atom stereocenters. The molecule has 11 heavy (non-hydrogen) atoms. The van der Waals surface area contributed by atoms with Crippen LogP contribution in [0.2, 0.25) is 0 Å². The Balaban J connectivity index is 3.25. The van der Waals surface area contributed by atoms with Gasteiger partial charge in [0.05, 0.1) is 0 Å². The molecule has 0 amide bonds.